The molecule has 124 valence electrons. The maximum atomic E-state index is 9.87. The summed E-state index contributed by atoms with van der Waals surface area (Å²) >= 11 is 0. The van der Waals surface area contributed by atoms with Crippen LogP contribution in [0.15, 0.2) is 35.1 Å². The largest absolute Gasteiger partial charge is 0.508 e. The molecule has 1 N–H and O–H groups in total. The number of hydrogen-bond acceptors (Lipinski definition) is 2. The van der Waals surface area contributed by atoms with Gasteiger partial charge in [0.2, 0.25) is 0 Å². The standard InChI is InChI=1S/C20H32O2/c1-5-20(3,4)22-14-16-8-6-9-18(13-16)17-10-7-11-19(21)15(2)12-17/h10-12,16,18,21H,5-9,13-14H2,1-4H3/t16-,18?/m1/s1. The first-order valence-corrected chi connectivity index (χ1v) is 8.83. The highest BCUT2D eigenvalue weighted by atomic mass is 16.5. The van der Waals surface area contributed by atoms with Crippen molar-refractivity contribution in [3.63, 3.8) is 0 Å². The molecule has 1 saturated carbocycles. The van der Waals surface area contributed by atoms with Crippen LogP contribution in [-0.2, 0) is 4.74 Å². The molecule has 0 bridgehead atoms. The van der Waals surface area contributed by atoms with Gasteiger partial charge in [-0.2, -0.15) is 0 Å². The van der Waals surface area contributed by atoms with E-state index in [4.69, 9.17) is 4.74 Å². The van der Waals surface area contributed by atoms with Crippen LogP contribution >= 0.6 is 0 Å². The smallest absolute Gasteiger partial charge is 0.114 e. The molecule has 0 heterocycles. The lowest BCUT2D eigenvalue weighted by Gasteiger charge is -2.33. The van der Waals surface area contributed by atoms with Gasteiger partial charge < -0.3 is 9.84 Å². The van der Waals surface area contributed by atoms with Crippen molar-refractivity contribution in [2.45, 2.75) is 71.8 Å². The van der Waals surface area contributed by atoms with Gasteiger partial charge in [-0.25, -0.2) is 0 Å². The van der Waals surface area contributed by atoms with Crippen molar-refractivity contribution in [3.05, 3.63) is 35.1 Å². The summed E-state index contributed by atoms with van der Waals surface area (Å²) in [6.45, 7) is 9.44. The highest BCUT2D eigenvalue weighted by Gasteiger charge is 2.26. The molecule has 0 spiro atoms. The molecule has 1 unspecified atom stereocenters. The zero-order valence-electron chi connectivity index (χ0n) is 14.7. The fraction of sp³-hybridized carbons (Fsp3) is 0.700. The van der Waals surface area contributed by atoms with Crippen LogP contribution < -0.4 is 0 Å². The molecule has 2 heteroatoms. The van der Waals surface area contributed by atoms with E-state index in [1.54, 1.807) is 0 Å². The minimum Gasteiger partial charge on any atom is -0.508 e. The van der Waals surface area contributed by atoms with Crippen LogP contribution in [-0.4, -0.2) is 17.3 Å². The van der Waals surface area contributed by atoms with Gasteiger partial charge >= 0.3 is 0 Å². The van der Waals surface area contributed by atoms with Gasteiger partial charge in [0.25, 0.3) is 0 Å². The molecule has 0 aromatic heterocycles. The average Bonchev–Trinajstić information content (AvgIpc) is 2.68. The van der Waals surface area contributed by atoms with Crippen LogP contribution in [0.4, 0.5) is 0 Å². The van der Waals surface area contributed by atoms with Crippen LogP contribution in [0.25, 0.3) is 0 Å². The van der Waals surface area contributed by atoms with Crippen molar-refractivity contribution in [2.24, 2.45) is 11.8 Å². The van der Waals surface area contributed by atoms with E-state index in [2.05, 4.69) is 32.9 Å². The molecule has 2 aliphatic rings. The van der Waals surface area contributed by atoms with E-state index < -0.39 is 0 Å². The summed E-state index contributed by atoms with van der Waals surface area (Å²) < 4.78 is 6.13. The second-order valence-electron chi connectivity index (χ2n) is 7.51. The van der Waals surface area contributed by atoms with E-state index in [9.17, 15) is 5.11 Å². The minimum atomic E-state index is 0.000725. The van der Waals surface area contributed by atoms with Gasteiger partial charge in [-0.1, -0.05) is 25.5 Å². The fourth-order valence-electron chi connectivity index (χ4n) is 3.33. The Morgan fingerprint density at radius 1 is 1.27 bits per heavy atom. The topological polar surface area (TPSA) is 29.5 Å². The number of hydrogen-bond donors (Lipinski definition) is 1. The summed E-state index contributed by atoms with van der Waals surface area (Å²) in [5, 5.41) is 9.87. The van der Waals surface area contributed by atoms with Crippen molar-refractivity contribution >= 4 is 0 Å². The first kappa shape index (κ1) is 17.3. The summed E-state index contributed by atoms with van der Waals surface area (Å²) in [6, 6.07) is 0. The van der Waals surface area contributed by atoms with Crippen molar-refractivity contribution in [2.75, 3.05) is 6.61 Å². The number of ether oxygens (including phenoxy) is 1. The van der Waals surface area contributed by atoms with Crippen molar-refractivity contribution in [1.82, 2.24) is 0 Å². The Balaban J connectivity index is 1.95. The Hall–Kier alpha value is -1.02. The lowest BCUT2D eigenvalue weighted by atomic mass is 9.77. The molecule has 0 aromatic rings. The third-order valence-corrected chi connectivity index (χ3v) is 5.27. The van der Waals surface area contributed by atoms with Gasteiger partial charge in [0.05, 0.1) is 12.2 Å². The van der Waals surface area contributed by atoms with Gasteiger partial charge in [0.15, 0.2) is 0 Å². The summed E-state index contributed by atoms with van der Waals surface area (Å²) in [6.07, 6.45) is 13.3. The average molecular weight is 304 g/mol. The van der Waals surface area contributed by atoms with Crippen molar-refractivity contribution in [3.8, 4) is 0 Å². The lowest BCUT2D eigenvalue weighted by molar-refractivity contribution is -0.0447. The predicted molar refractivity (Wildman–Crippen MR) is 92.9 cm³/mol. The van der Waals surface area contributed by atoms with Crippen molar-refractivity contribution in [1.29, 1.82) is 0 Å². The minimum absolute atomic E-state index is 0.000725. The number of rotatable bonds is 5. The molecule has 2 aliphatic carbocycles. The third kappa shape index (κ3) is 4.74. The zero-order chi connectivity index (χ0) is 16.2. The molecular weight excluding hydrogens is 272 g/mol. The Morgan fingerprint density at radius 3 is 2.77 bits per heavy atom. The van der Waals surface area contributed by atoms with Crippen LogP contribution in [0.3, 0.4) is 0 Å². The molecule has 1 fully saturated rings. The molecule has 0 aliphatic heterocycles. The SMILES string of the molecule is CCC(C)(C)OC[C@@H]1CCCC(C2=CCC=C(O)C(C)=C2)C1. The first-order chi connectivity index (χ1) is 10.4. The Morgan fingerprint density at radius 2 is 2.05 bits per heavy atom. The first-order valence-electron chi connectivity index (χ1n) is 8.83. The van der Waals surface area contributed by atoms with Gasteiger partial charge in [-0.05, 0) is 81.9 Å². The Labute approximate surface area is 136 Å². The maximum Gasteiger partial charge on any atom is 0.114 e. The van der Waals surface area contributed by atoms with E-state index in [1.807, 2.05) is 13.0 Å². The second kappa shape index (κ2) is 7.50. The summed E-state index contributed by atoms with van der Waals surface area (Å²) in [7, 11) is 0. The lowest BCUT2D eigenvalue weighted by Crippen LogP contribution is -2.29. The highest BCUT2D eigenvalue weighted by molar-refractivity contribution is 5.37. The molecule has 2 atom stereocenters. The second-order valence-corrected chi connectivity index (χ2v) is 7.51. The summed E-state index contributed by atoms with van der Waals surface area (Å²) in [5.74, 6) is 1.73. The van der Waals surface area contributed by atoms with Gasteiger partial charge in [0, 0.05) is 0 Å². The quantitative estimate of drug-likeness (QED) is 0.704. The molecule has 2 rings (SSSR count). The predicted octanol–water partition coefficient (Wildman–Crippen LogP) is 5.72. The molecule has 0 amide bonds. The maximum absolute atomic E-state index is 9.87. The number of aliphatic hydroxyl groups is 1. The van der Waals surface area contributed by atoms with Crippen LogP contribution in [0.1, 0.15) is 66.2 Å². The van der Waals surface area contributed by atoms with E-state index in [0.29, 0.717) is 17.6 Å². The van der Waals surface area contributed by atoms with E-state index in [-0.39, 0.29) is 5.60 Å². The summed E-state index contributed by atoms with van der Waals surface area (Å²) in [4.78, 5) is 0. The van der Waals surface area contributed by atoms with E-state index in [0.717, 1.165) is 25.0 Å². The number of aliphatic hydroxyl groups excluding tert-OH is 1. The normalized spacial score (nSPS) is 26.8. The fourth-order valence-corrected chi connectivity index (χ4v) is 3.33. The summed E-state index contributed by atoms with van der Waals surface area (Å²) in [5.41, 5.74) is 2.41. The van der Waals surface area contributed by atoms with Crippen molar-refractivity contribution < 1.29 is 9.84 Å². The Kier molecular flexibility index (Phi) is 5.91. The monoisotopic (exact) mass is 304 g/mol. The third-order valence-electron chi connectivity index (χ3n) is 5.27. The molecule has 0 aromatic carbocycles. The highest BCUT2D eigenvalue weighted by Crippen LogP contribution is 2.36. The molecule has 22 heavy (non-hydrogen) atoms. The molecular formula is C20H32O2. The van der Waals surface area contributed by atoms with E-state index >= 15 is 0 Å². The van der Waals surface area contributed by atoms with Gasteiger partial charge in [0.1, 0.15) is 5.76 Å². The van der Waals surface area contributed by atoms with Crippen LogP contribution in [0.5, 0.6) is 0 Å². The van der Waals surface area contributed by atoms with E-state index in [1.165, 1.54) is 31.3 Å². The Bertz CT molecular complexity index is 468. The molecule has 0 saturated heterocycles. The molecule has 2 nitrogen and oxygen atoms in total. The van der Waals surface area contributed by atoms with Crippen LogP contribution in [0.2, 0.25) is 0 Å². The zero-order valence-corrected chi connectivity index (χ0v) is 14.7. The number of allylic oxidation sites excluding steroid dienone is 5. The van der Waals surface area contributed by atoms with Gasteiger partial charge in [-0.15, -0.1) is 0 Å². The van der Waals surface area contributed by atoms with Crippen LogP contribution in [0, 0.1) is 11.8 Å². The molecule has 0 radical (unpaired) electrons. The van der Waals surface area contributed by atoms with Gasteiger partial charge in [-0.3, -0.25) is 0 Å².